The van der Waals surface area contributed by atoms with E-state index in [1.807, 2.05) is 12.1 Å². The van der Waals surface area contributed by atoms with Crippen LogP contribution in [0.5, 0.6) is 11.5 Å². The summed E-state index contributed by atoms with van der Waals surface area (Å²) >= 11 is 5.15. The van der Waals surface area contributed by atoms with Crippen LogP contribution >= 0.6 is 27.7 Å². The Morgan fingerprint density at radius 2 is 1.95 bits per heavy atom. The van der Waals surface area contributed by atoms with Gasteiger partial charge in [0.05, 0.1) is 0 Å². The highest BCUT2D eigenvalue weighted by Crippen LogP contribution is 2.40. The highest BCUT2D eigenvalue weighted by atomic mass is 79.9. The van der Waals surface area contributed by atoms with Gasteiger partial charge in [-0.2, -0.15) is 0 Å². The molecule has 2 aromatic rings. The maximum absolute atomic E-state index is 6.07. The molecule has 0 radical (unpaired) electrons. The summed E-state index contributed by atoms with van der Waals surface area (Å²) in [6, 6.07) is 3.96. The molecule has 0 unspecified atom stereocenters. The fourth-order valence-corrected chi connectivity index (χ4v) is 3.87. The Morgan fingerprint density at radius 1 is 1.23 bits per heavy atom. The number of halogens is 1. The van der Waals surface area contributed by atoms with Gasteiger partial charge in [-0.15, -0.1) is 10.2 Å². The van der Waals surface area contributed by atoms with Gasteiger partial charge in [0.2, 0.25) is 5.16 Å². The standard InChI is InChI=1S/C14H15BrN4O2S/c15-10-6-12-11(20-3-4-21-12)5-9(10)7-22-14-18-17-13(19(14)16)8-1-2-8/h5-6,8H,1-4,7,16H2. The fourth-order valence-electron chi connectivity index (χ4n) is 2.37. The van der Waals surface area contributed by atoms with Gasteiger partial charge >= 0.3 is 0 Å². The van der Waals surface area contributed by atoms with Crippen LogP contribution in [-0.2, 0) is 5.75 Å². The van der Waals surface area contributed by atoms with Crippen LogP contribution in [0.4, 0.5) is 0 Å². The van der Waals surface area contributed by atoms with Crippen LogP contribution in [0.1, 0.15) is 30.1 Å². The predicted octanol–water partition coefficient (Wildman–Crippen LogP) is 2.70. The lowest BCUT2D eigenvalue weighted by molar-refractivity contribution is 0.171. The molecule has 0 spiro atoms. The lowest BCUT2D eigenvalue weighted by Crippen LogP contribution is -2.15. The van der Waals surface area contributed by atoms with E-state index in [0.717, 1.165) is 51.1 Å². The molecule has 1 aliphatic heterocycles. The Kier molecular flexibility index (Phi) is 3.65. The van der Waals surface area contributed by atoms with Gasteiger partial charge in [0.25, 0.3) is 0 Å². The largest absolute Gasteiger partial charge is 0.486 e. The molecule has 1 aromatic carbocycles. The normalized spacial score (nSPS) is 16.8. The first kappa shape index (κ1) is 14.2. The SMILES string of the molecule is Nn1c(SCc2cc3c(cc2Br)OCCO3)nnc1C1CC1. The molecule has 1 aliphatic carbocycles. The van der Waals surface area contributed by atoms with Crippen molar-refractivity contribution in [2.45, 2.75) is 29.7 Å². The Hall–Kier alpha value is -1.41. The van der Waals surface area contributed by atoms with Crippen LogP contribution < -0.4 is 15.3 Å². The van der Waals surface area contributed by atoms with Crippen molar-refractivity contribution >= 4 is 27.7 Å². The minimum atomic E-state index is 0.493. The van der Waals surface area contributed by atoms with Crippen LogP contribution in [-0.4, -0.2) is 28.1 Å². The van der Waals surface area contributed by atoms with Gasteiger partial charge in [0.1, 0.15) is 13.2 Å². The molecule has 2 N–H and O–H groups in total. The van der Waals surface area contributed by atoms with Crippen LogP contribution in [0, 0.1) is 0 Å². The van der Waals surface area contributed by atoms with E-state index in [0.29, 0.717) is 19.1 Å². The summed E-state index contributed by atoms with van der Waals surface area (Å²) in [5.74, 6) is 9.76. The molecule has 1 aromatic heterocycles. The zero-order valence-electron chi connectivity index (χ0n) is 11.8. The molecular formula is C14H15BrN4O2S. The molecule has 0 amide bonds. The number of rotatable bonds is 4. The van der Waals surface area contributed by atoms with E-state index in [1.54, 1.807) is 16.4 Å². The van der Waals surface area contributed by atoms with E-state index in [2.05, 4.69) is 26.1 Å². The predicted molar refractivity (Wildman–Crippen MR) is 86.8 cm³/mol. The molecule has 0 bridgehead atoms. The molecule has 1 saturated carbocycles. The molecule has 22 heavy (non-hydrogen) atoms. The van der Waals surface area contributed by atoms with Gasteiger partial charge in [-0.05, 0) is 30.5 Å². The molecule has 1 fully saturated rings. The second-order valence-electron chi connectivity index (χ2n) is 5.36. The number of benzene rings is 1. The smallest absolute Gasteiger partial charge is 0.210 e. The maximum atomic E-state index is 6.07. The summed E-state index contributed by atoms with van der Waals surface area (Å²) in [7, 11) is 0. The van der Waals surface area contributed by atoms with Crippen molar-refractivity contribution in [2.24, 2.45) is 0 Å². The monoisotopic (exact) mass is 382 g/mol. The summed E-state index contributed by atoms with van der Waals surface area (Å²) < 4.78 is 13.8. The molecule has 0 atom stereocenters. The molecular weight excluding hydrogens is 368 g/mol. The molecule has 2 heterocycles. The van der Waals surface area contributed by atoms with E-state index >= 15 is 0 Å². The minimum absolute atomic E-state index is 0.493. The summed E-state index contributed by atoms with van der Waals surface area (Å²) in [6.07, 6.45) is 2.32. The first-order chi connectivity index (χ1) is 10.7. The number of ether oxygens (including phenoxy) is 2. The molecule has 116 valence electrons. The number of thioether (sulfide) groups is 1. The van der Waals surface area contributed by atoms with Gasteiger partial charge < -0.3 is 15.3 Å². The van der Waals surface area contributed by atoms with Crippen molar-refractivity contribution < 1.29 is 9.47 Å². The average Bonchev–Trinajstić information content (AvgIpc) is 3.29. The second kappa shape index (κ2) is 5.66. The highest BCUT2D eigenvalue weighted by Gasteiger charge is 2.30. The zero-order valence-corrected chi connectivity index (χ0v) is 14.2. The Balaban J connectivity index is 1.51. The highest BCUT2D eigenvalue weighted by molar-refractivity contribution is 9.10. The maximum Gasteiger partial charge on any atom is 0.210 e. The fraction of sp³-hybridized carbons (Fsp3) is 0.429. The van der Waals surface area contributed by atoms with Crippen LogP contribution in [0.25, 0.3) is 0 Å². The van der Waals surface area contributed by atoms with Crippen LogP contribution in [0.2, 0.25) is 0 Å². The first-order valence-corrected chi connectivity index (χ1v) is 8.91. The van der Waals surface area contributed by atoms with E-state index in [4.69, 9.17) is 15.3 Å². The number of nitrogens with two attached hydrogens (primary N) is 1. The number of hydrogen-bond acceptors (Lipinski definition) is 6. The van der Waals surface area contributed by atoms with E-state index in [1.165, 1.54) is 0 Å². The van der Waals surface area contributed by atoms with Crippen molar-refractivity contribution in [3.8, 4) is 11.5 Å². The number of fused-ring (bicyclic) bond motifs is 1. The average molecular weight is 383 g/mol. The lowest BCUT2D eigenvalue weighted by Gasteiger charge is -2.19. The summed E-state index contributed by atoms with van der Waals surface area (Å²) in [5.41, 5.74) is 1.12. The summed E-state index contributed by atoms with van der Waals surface area (Å²) in [6.45, 7) is 1.18. The van der Waals surface area contributed by atoms with E-state index in [-0.39, 0.29) is 0 Å². The first-order valence-electron chi connectivity index (χ1n) is 7.13. The van der Waals surface area contributed by atoms with Crippen molar-refractivity contribution in [3.05, 3.63) is 28.0 Å². The van der Waals surface area contributed by atoms with Gasteiger partial charge in [0, 0.05) is 16.1 Å². The van der Waals surface area contributed by atoms with Crippen molar-refractivity contribution in [3.63, 3.8) is 0 Å². The summed E-state index contributed by atoms with van der Waals surface area (Å²) in [5, 5.41) is 9.12. The number of nitrogen functional groups attached to an aromatic ring is 1. The van der Waals surface area contributed by atoms with Gasteiger partial charge in [0.15, 0.2) is 17.3 Å². The lowest BCUT2D eigenvalue weighted by atomic mass is 10.2. The number of hydrogen-bond donors (Lipinski definition) is 1. The zero-order chi connectivity index (χ0) is 15.1. The quantitative estimate of drug-likeness (QED) is 0.647. The van der Waals surface area contributed by atoms with Crippen molar-refractivity contribution in [1.29, 1.82) is 0 Å². The second-order valence-corrected chi connectivity index (χ2v) is 7.16. The van der Waals surface area contributed by atoms with Crippen molar-refractivity contribution in [2.75, 3.05) is 19.1 Å². The Morgan fingerprint density at radius 3 is 2.68 bits per heavy atom. The Bertz CT molecular complexity index is 717. The third kappa shape index (κ3) is 2.65. The third-order valence-corrected chi connectivity index (χ3v) is 5.43. The molecule has 8 heteroatoms. The molecule has 4 rings (SSSR count). The number of aromatic nitrogens is 3. The summed E-state index contributed by atoms with van der Waals surface area (Å²) in [4.78, 5) is 0. The molecule has 0 saturated heterocycles. The third-order valence-electron chi connectivity index (χ3n) is 3.70. The van der Waals surface area contributed by atoms with E-state index in [9.17, 15) is 0 Å². The van der Waals surface area contributed by atoms with Crippen molar-refractivity contribution in [1.82, 2.24) is 14.9 Å². The Labute approximate surface area is 140 Å². The van der Waals surface area contributed by atoms with Crippen LogP contribution in [0.15, 0.2) is 21.8 Å². The molecule has 6 nitrogen and oxygen atoms in total. The van der Waals surface area contributed by atoms with Gasteiger partial charge in [-0.1, -0.05) is 27.7 Å². The number of nitrogens with zero attached hydrogens (tertiary/aromatic N) is 3. The van der Waals surface area contributed by atoms with Gasteiger partial charge in [-0.3, -0.25) is 0 Å². The topological polar surface area (TPSA) is 75.2 Å². The van der Waals surface area contributed by atoms with Crippen LogP contribution in [0.3, 0.4) is 0 Å². The van der Waals surface area contributed by atoms with E-state index < -0.39 is 0 Å². The molecule has 2 aliphatic rings. The minimum Gasteiger partial charge on any atom is -0.486 e. The van der Waals surface area contributed by atoms with Gasteiger partial charge in [-0.25, -0.2) is 4.68 Å².